The van der Waals surface area contributed by atoms with Gasteiger partial charge in [-0.2, -0.15) is 0 Å². The number of halogens is 2. The Morgan fingerprint density at radius 1 is 1.19 bits per heavy atom. The lowest BCUT2D eigenvalue weighted by Crippen LogP contribution is -2.47. The summed E-state index contributed by atoms with van der Waals surface area (Å²) in [5.74, 6) is -1.90. The Bertz CT molecular complexity index is 758. The van der Waals surface area contributed by atoms with Gasteiger partial charge in [-0.3, -0.25) is 15.6 Å². The van der Waals surface area contributed by atoms with E-state index in [9.17, 15) is 22.0 Å². The summed E-state index contributed by atoms with van der Waals surface area (Å²) in [6.45, 7) is 4.77. The van der Waals surface area contributed by atoms with Gasteiger partial charge in [0.1, 0.15) is 16.5 Å². The lowest BCUT2D eigenvalue weighted by Gasteiger charge is -2.12. The number of nitrogens with one attached hydrogen (secondary N) is 4. The molecule has 0 aromatic heterocycles. The molecule has 0 aliphatic rings. The monoisotopic (exact) mass is 422 g/mol. The summed E-state index contributed by atoms with van der Waals surface area (Å²) in [6.07, 6.45) is 1.14. The molecule has 1 amide bonds. The molecule has 27 heavy (non-hydrogen) atoms. The largest absolute Gasteiger partial charge is 0.361 e. The molecule has 0 aliphatic heterocycles. The van der Waals surface area contributed by atoms with Crippen LogP contribution in [0.2, 0.25) is 0 Å². The van der Waals surface area contributed by atoms with Gasteiger partial charge in [0.05, 0.1) is 0 Å². The summed E-state index contributed by atoms with van der Waals surface area (Å²) in [6, 6.07) is 2.19. The Labute approximate surface area is 163 Å². The van der Waals surface area contributed by atoms with Crippen LogP contribution >= 0.6 is 12.2 Å². The first kappa shape index (κ1) is 23.2. The van der Waals surface area contributed by atoms with Crippen molar-refractivity contribution in [3.63, 3.8) is 0 Å². The van der Waals surface area contributed by atoms with Crippen molar-refractivity contribution in [1.29, 1.82) is 0 Å². The van der Waals surface area contributed by atoms with E-state index in [4.69, 9.17) is 12.2 Å². The van der Waals surface area contributed by atoms with Crippen molar-refractivity contribution in [2.24, 2.45) is 5.92 Å². The highest BCUT2D eigenvalue weighted by molar-refractivity contribution is 7.89. The third-order valence-electron chi connectivity index (χ3n) is 3.38. The minimum absolute atomic E-state index is 0.0238. The van der Waals surface area contributed by atoms with Crippen LogP contribution in [0.1, 0.15) is 33.1 Å². The van der Waals surface area contributed by atoms with Crippen molar-refractivity contribution in [2.45, 2.75) is 38.0 Å². The van der Waals surface area contributed by atoms with E-state index in [0.29, 0.717) is 18.5 Å². The minimum atomic E-state index is -4.12. The standard InChI is InChI=1S/C16H24F2N4O3S2/c1-11(2)7-9-19-16(26)22-21-15(23)4-3-8-20-27(24,25)14-6-5-12(17)10-13(14)18/h5-6,10-11,20H,3-4,7-9H2,1-2H3,(H,21,23)(H2,19,22,26). The van der Waals surface area contributed by atoms with Gasteiger partial charge in [-0.05, 0) is 43.1 Å². The van der Waals surface area contributed by atoms with E-state index in [0.717, 1.165) is 18.6 Å². The van der Waals surface area contributed by atoms with Crippen molar-refractivity contribution in [2.75, 3.05) is 13.1 Å². The molecule has 7 nitrogen and oxygen atoms in total. The van der Waals surface area contributed by atoms with E-state index in [1.165, 1.54) is 0 Å². The van der Waals surface area contributed by atoms with Gasteiger partial charge in [-0.1, -0.05) is 13.8 Å². The van der Waals surface area contributed by atoms with Gasteiger partial charge >= 0.3 is 0 Å². The number of carbonyl (C=O) groups excluding carboxylic acids is 1. The van der Waals surface area contributed by atoms with E-state index in [2.05, 4.69) is 34.7 Å². The third kappa shape index (κ3) is 9.07. The van der Waals surface area contributed by atoms with Crippen LogP contribution in [0.15, 0.2) is 23.1 Å². The number of hydrazine groups is 1. The SMILES string of the molecule is CC(C)CCNC(=S)NNC(=O)CCCNS(=O)(=O)c1ccc(F)cc1F. The highest BCUT2D eigenvalue weighted by Gasteiger charge is 2.19. The molecule has 152 valence electrons. The molecule has 0 fully saturated rings. The van der Waals surface area contributed by atoms with E-state index in [-0.39, 0.29) is 30.4 Å². The van der Waals surface area contributed by atoms with Crippen LogP contribution < -0.4 is 20.9 Å². The number of rotatable bonds is 9. The third-order valence-corrected chi connectivity index (χ3v) is 5.12. The number of hydrogen-bond donors (Lipinski definition) is 4. The van der Waals surface area contributed by atoms with Gasteiger partial charge in [0.2, 0.25) is 15.9 Å². The Morgan fingerprint density at radius 3 is 2.52 bits per heavy atom. The first-order valence-electron chi connectivity index (χ1n) is 8.39. The fraction of sp³-hybridized carbons (Fsp3) is 0.500. The molecule has 1 rings (SSSR count). The Kier molecular flexibility index (Phi) is 9.53. The second-order valence-corrected chi connectivity index (χ2v) is 8.33. The van der Waals surface area contributed by atoms with Gasteiger partial charge in [-0.25, -0.2) is 21.9 Å². The molecule has 0 spiro atoms. The molecule has 0 atom stereocenters. The molecule has 4 N–H and O–H groups in total. The molecule has 0 radical (unpaired) electrons. The summed E-state index contributed by atoms with van der Waals surface area (Å²) in [5.41, 5.74) is 4.94. The first-order valence-corrected chi connectivity index (χ1v) is 10.3. The zero-order valence-corrected chi connectivity index (χ0v) is 16.8. The number of thiocarbonyl (C=S) groups is 1. The zero-order valence-electron chi connectivity index (χ0n) is 15.1. The summed E-state index contributed by atoms with van der Waals surface area (Å²) in [5, 5.41) is 3.22. The molecule has 11 heteroatoms. The molecule has 0 bridgehead atoms. The van der Waals surface area contributed by atoms with Crippen LogP contribution in [-0.2, 0) is 14.8 Å². The number of benzene rings is 1. The molecular weight excluding hydrogens is 398 g/mol. The van der Waals surface area contributed by atoms with Gasteiger partial charge < -0.3 is 5.32 Å². The molecule has 1 aromatic carbocycles. The van der Waals surface area contributed by atoms with E-state index >= 15 is 0 Å². The van der Waals surface area contributed by atoms with Crippen LogP contribution in [0, 0.1) is 17.6 Å². The topological polar surface area (TPSA) is 99.3 Å². The molecule has 1 aromatic rings. The lowest BCUT2D eigenvalue weighted by atomic mass is 10.1. The second kappa shape index (κ2) is 11.1. The van der Waals surface area contributed by atoms with Crippen molar-refractivity contribution in [3.8, 4) is 0 Å². The summed E-state index contributed by atoms with van der Waals surface area (Å²) >= 11 is 4.99. The van der Waals surface area contributed by atoms with E-state index < -0.39 is 26.6 Å². The molecule has 0 unspecified atom stereocenters. The van der Waals surface area contributed by atoms with E-state index in [1.54, 1.807) is 0 Å². The maximum Gasteiger partial charge on any atom is 0.243 e. The van der Waals surface area contributed by atoms with Crippen LogP contribution in [0.5, 0.6) is 0 Å². The summed E-state index contributed by atoms with van der Waals surface area (Å²) in [4.78, 5) is 11.0. The lowest BCUT2D eigenvalue weighted by molar-refractivity contribution is -0.121. The number of carbonyl (C=O) groups is 1. The van der Waals surface area contributed by atoms with Crippen molar-refractivity contribution in [1.82, 2.24) is 20.9 Å². The van der Waals surface area contributed by atoms with Crippen LogP contribution in [0.25, 0.3) is 0 Å². The number of amides is 1. The maximum absolute atomic E-state index is 13.5. The van der Waals surface area contributed by atoms with Gasteiger partial charge in [0.25, 0.3) is 0 Å². The Hall–Kier alpha value is -1.85. The minimum Gasteiger partial charge on any atom is -0.361 e. The zero-order chi connectivity index (χ0) is 20.4. The summed E-state index contributed by atoms with van der Waals surface area (Å²) < 4.78 is 52.5. The van der Waals surface area contributed by atoms with Crippen LogP contribution in [-0.4, -0.2) is 32.5 Å². The molecule has 0 heterocycles. The predicted molar refractivity (Wildman–Crippen MR) is 102 cm³/mol. The number of hydrogen-bond acceptors (Lipinski definition) is 4. The molecule has 0 aliphatic carbocycles. The smallest absolute Gasteiger partial charge is 0.243 e. The normalized spacial score (nSPS) is 11.3. The summed E-state index contributed by atoms with van der Waals surface area (Å²) in [7, 11) is -4.12. The average Bonchev–Trinajstić information content (AvgIpc) is 2.56. The van der Waals surface area contributed by atoms with Gasteiger partial charge in [0, 0.05) is 25.6 Å². The van der Waals surface area contributed by atoms with Crippen LogP contribution in [0.4, 0.5) is 8.78 Å². The Balaban J connectivity index is 2.28. The maximum atomic E-state index is 13.5. The Morgan fingerprint density at radius 2 is 1.89 bits per heavy atom. The van der Waals surface area contributed by atoms with Gasteiger partial charge in [-0.15, -0.1) is 0 Å². The van der Waals surface area contributed by atoms with Crippen molar-refractivity contribution < 1.29 is 22.0 Å². The fourth-order valence-corrected chi connectivity index (χ4v) is 3.22. The highest BCUT2D eigenvalue weighted by atomic mass is 32.2. The average molecular weight is 423 g/mol. The van der Waals surface area contributed by atoms with Gasteiger partial charge in [0.15, 0.2) is 5.11 Å². The fourth-order valence-electron chi connectivity index (χ4n) is 1.93. The number of sulfonamides is 1. The van der Waals surface area contributed by atoms with Crippen molar-refractivity contribution in [3.05, 3.63) is 29.8 Å². The molecule has 0 saturated heterocycles. The quantitative estimate of drug-likeness (QED) is 0.274. The molecular formula is C16H24F2N4O3S2. The second-order valence-electron chi connectivity index (χ2n) is 6.19. The first-order chi connectivity index (χ1) is 12.6. The van der Waals surface area contributed by atoms with E-state index in [1.807, 2.05) is 0 Å². The van der Waals surface area contributed by atoms with Crippen LogP contribution in [0.3, 0.4) is 0 Å². The predicted octanol–water partition coefficient (Wildman–Crippen LogP) is 1.56. The van der Waals surface area contributed by atoms with Crippen molar-refractivity contribution >= 4 is 33.3 Å². The molecule has 0 saturated carbocycles. The highest BCUT2D eigenvalue weighted by Crippen LogP contribution is 2.15.